The summed E-state index contributed by atoms with van der Waals surface area (Å²) in [6.45, 7) is 3.46. The first-order chi connectivity index (χ1) is 12.0. The molecule has 0 radical (unpaired) electrons. The highest BCUT2D eigenvalue weighted by Gasteiger charge is 2.12. The molecule has 0 aliphatic heterocycles. The third-order valence-corrected chi connectivity index (χ3v) is 5.30. The van der Waals surface area contributed by atoms with Gasteiger partial charge in [0, 0.05) is 38.2 Å². The van der Waals surface area contributed by atoms with Crippen molar-refractivity contribution in [2.75, 3.05) is 27.7 Å². The summed E-state index contributed by atoms with van der Waals surface area (Å²) in [5.41, 5.74) is 2.15. The van der Waals surface area contributed by atoms with Crippen LogP contribution < -0.4 is 5.32 Å². The molecule has 1 N–H and O–H groups in total. The number of hydrogen-bond acceptors (Lipinski definition) is 4. The SMILES string of the molecule is CN=C(NCCc1ccccc1Cl)N(C)Cc1csc(C(C)OC)n1.I. The third kappa shape index (κ3) is 6.68. The summed E-state index contributed by atoms with van der Waals surface area (Å²) in [7, 11) is 5.49. The molecule has 0 fully saturated rings. The van der Waals surface area contributed by atoms with E-state index in [1.165, 1.54) is 0 Å². The molecule has 1 heterocycles. The number of nitrogens with zero attached hydrogens (tertiary/aromatic N) is 3. The Labute approximate surface area is 181 Å². The molecule has 1 unspecified atom stereocenters. The molecule has 0 aliphatic carbocycles. The lowest BCUT2D eigenvalue weighted by Gasteiger charge is -2.21. The van der Waals surface area contributed by atoms with Crippen molar-refractivity contribution in [1.29, 1.82) is 0 Å². The fourth-order valence-electron chi connectivity index (χ4n) is 2.40. The Hall–Kier alpha value is -0.900. The van der Waals surface area contributed by atoms with Crippen LogP contribution in [0.1, 0.15) is 29.3 Å². The van der Waals surface area contributed by atoms with E-state index < -0.39 is 0 Å². The Morgan fingerprint density at radius 2 is 2.15 bits per heavy atom. The Balaban J connectivity index is 0.00000338. The second-order valence-corrected chi connectivity index (χ2v) is 7.02. The van der Waals surface area contributed by atoms with E-state index >= 15 is 0 Å². The first-order valence-electron chi connectivity index (χ1n) is 8.17. The van der Waals surface area contributed by atoms with Crippen LogP contribution in [0.25, 0.3) is 0 Å². The van der Waals surface area contributed by atoms with Crippen LogP contribution in [0.5, 0.6) is 0 Å². The monoisotopic (exact) mass is 508 g/mol. The largest absolute Gasteiger partial charge is 0.375 e. The van der Waals surface area contributed by atoms with Crippen molar-refractivity contribution in [3.63, 3.8) is 0 Å². The number of aliphatic imine (C=N–C) groups is 1. The van der Waals surface area contributed by atoms with Gasteiger partial charge < -0.3 is 15.0 Å². The van der Waals surface area contributed by atoms with Gasteiger partial charge >= 0.3 is 0 Å². The summed E-state index contributed by atoms with van der Waals surface area (Å²) in [6.07, 6.45) is 0.871. The molecular formula is C18H26ClIN4OS. The van der Waals surface area contributed by atoms with E-state index in [-0.39, 0.29) is 30.1 Å². The van der Waals surface area contributed by atoms with Crippen LogP contribution in [0.4, 0.5) is 0 Å². The molecule has 0 aliphatic rings. The molecule has 0 amide bonds. The number of hydrogen-bond donors (Lipinski definition) is 1. The van der Waals surface area contributed by atoms with Crippen molar-refractivity contribution in [1.82, 2.24) is 15.2 Å². The van der Waals surface area contributed by atoms with Crippen LogP contribution >= 0.6 is 46.9 Å². The minimum absolute atomic E-state index is 0. The van der Waals surface area contributed by atoms with Gasteiger partial charge in [-0.3, -0.25) is 4.99 Å². The standard InChI is InChI=1S/C18H25ClN4OS.HI/c1-13(24-4)17-22-15(12-25-17)11-23(3)18(20-2)21-10-9-14-7-5-6-8-16(14)19;/h5-8,12-13H,9-11H2,1-4H3,(H,20,21);1H. The summed E-state index contributed by atoms with van der Waals surface area (Å²) >= 11 is 7.82. The molecule has 0 bridgehead atoms. The lowest BCUT2D eigenvalue weighted by molar-refractivity contribution is 0.119. The van der Waals surface area contributed by atoms with E-state index in [0.29, 0.717) is 6.54 Å². The first kappa shape index (κ1) is 23.1. The highest BCUT2D eigenvalue weighted by molar-refractivity contribution is 14.0. The normalized spacial score (nSPS) is 12.4. The first-order valence-corrected chi connectivity index (χ1v) is 9.43. The second-order valence-electron chi connectivity index (χ2n) is 5.73. The number of benzene rings is 1. The molecule has 5 nitrogen and oxygen atoms in total. The molecule has 2 aromatic rings. The molecule has 144 valence electrons. The van der Waals surface area contributed by atoms with Gasteiger partial charge in [0.05, 0.1) is 12.2 Å². The topological polar surface area (TPSA) is 49.8 Å². The fourth-order valence-corrected chi connectivity index (χ4v) is 3.47. The van der Waals surface area contributed by atoms with Gasteiger partial charge in [0.1, 0.15) is 11.1 Å². The number of guanidine groups is 1. The average molecular weight is 509 g/mol. The van der Waals surface area contributed by atoms with Crippen LogP contribution in [0.15, 0.2) is 34.6 Å². The van der Waals surface area contributed by atoms with Crippen molar-refractivity contribution < 1.29 is 4.74 Å². The number of aromatic nitrogens is 1. The molecule has 0 saturated carbocycles. The zero-order valence-corrected chi connectivity index (χ0v) is 19.4. The van der Waals surface area contributed by atoms with Gasteiger partial charge in [0.25, 0.3) is 0 Å². The van der Waals surface area contributed by atoms with E-state index in [4.69, 9.17) is 16.3 Å². The van der Waals surface area contributed by atoms with Gasteiger partial charge in [-0.25, -0.2) is 4.98 Å². The number of ether oxygens (including phenoxy) is 1. The smallest absolute Gasteiger partial charge is 0.193 e. The zero-order valence-electron chi connectivity index (χ0n) is 15.5. The van der Waals surface area contributed by atoms with E-state index in [0.717, 1.165) is 40.2 Å². The lowest BCUT2D eigenvalue weighted by Crippen LogP contribution is -2.39. The predicted molar refractivity (Wildman–Crippen MR) is 121 cm³/mol. The molecule has 1 atom stereocenters. The minimum atomic E-state index is 0. The van der Waals surface area contributed by atoms with E-state index in [2.05, 4.69) is 25.6 Å². The van der Waals surface area contributed by atoms with Gasteiger partial charge in [0.2, 0.25) is 0 Å². The Bertz CT molecular complexity index is 710. The van der Waals surface area contributed by atoms with Gasteiger partial charge in [-0.1, -0.05) is 29.8 Å². The molecule has 2 rings (SSSR count). The maximum Gasteiger partial charge on any atom is 0.193 e. The summed E-state index contributed by atoms with van der Waals surface area (Å²) < 4.78 is 5.32. The molecule has 1 aromatic heterocycles. The molecule has 1 aromatic carbocycles. The van der Waals surface area contributed by atoms with Crippen LogP contribution in [0, 0.1) is 0 Å². The maximum absolute atomic E-state index is 6.20. The molecule has 26 heavy (non-hydrogen) atoms. The van der Waals surface area contributed by atoms with Gasteiger partial charge in [-0.05, 0) is 25.0 Å². The average Bonchev–Trinajstić information content (AvgIpc) is 3.07. The number of nitrogens with one attached hydrogen (secondary N) is 1. The summed E-state index contributed by atoms with van der Waals surface area (Å²) in [5, 5.41) is 7.24. The Morgan fingerprint density at radius 1 is 1.42 bits per heavy atom. The molecule has 8 heteroatoms. The maximum atomic E-state index is 6.20. The van der Waals surface area contributed by atoms with Crippen LogP contribution in [-0.2, 0) is 17.7 Å². The van der Waals surface area contributed by atoms with Crippen molar-refractivity contribution in [3.05, 3.63) is 50.9 Å². The second kappa shape index (κ2) is 11.7. The van der Waals surface area contributed by atoms with E-state index in [9.17, 15) is 0 Å². The summed E-state index contributed by atoms with van der Waals surface area (Å²) in [4.78, 5) is 11.0. The van der Waals surface area contributed by atoms with Gasteiger partial charge in [-0.2, -0.15) is 0 Å². The summed E-state index contributed by atoms with van der Waals surface area (Å²) in [5.74, 6) is 0.835. The van der Waals surface area contributed by atoms with Crippen molar-refractivity contribution >= 4 is 52.9 Å². The third-order valence-electron chi connectivity index (χ3n) is 3.88. The number of rotatable bonds is 7. The Morgan fingerprint density at radius 3 is 2.81 bits per heavy atom. The predicted octanol–water partition coefficient (Wildman–Crippen LogP) is 4.37. The van der Waals surface area contributed by atoms with Gasteiger partial charge in [-0.15, -0.1) is 35.3 Å². The van der Waals surface area contributed by atoms with Gasteiger partial charge in [0.15, 0.2) is 5.96 Å². The van der Waals surface area contributed by atoms with E-state index in [1.807, 2.05) is 38.2 Å². The molecule has 0 saturated heterocycles. The van der Waals surface area contributed by atoms with Crippen molar-refractivity contribution in [2.45, 2.75) is 26.0 Å². The summed E-state index contributed by atoms with van der Waals surface area (Å²) in [6, 6.07) is 7.91. The minimum Gasteiger partial charge on any atom is -0.375 e. The number of thiazole rings is 1. The van der Waals surface area contributed by atoms with Crippen LogP contribution in [0.2, 0.25) is 5.02 Å². The van der Waals surface area contributed by atoms with Crippen LogP contribution in [0.3, 0.4) is 0 Å². The molecular weight excluding hydrogens is 483 g/mol. The fraction of sp³-hybridized carbons (Fsp3) is 0.444. The van der Waals surface area contributed by atoms with E-state index in [1.54, 1.807) is 25.5 Å². The Kier molecular flexibility index (Phi) is 10.4. The van der Waals surface area contributed by atoms with Crippen LogP contribution in [-0.4, -0.2) is 43.6 Å². The zero-order chi connectivity index (χ0) is 18.2. The van der Waals surface area contributed by atoms with Crippen molar-refractivity contribution in [2.24, 2.45) is 4.99 Å². The number of methoxy groups -OCH3 is 1. The molecule has 0 spiro atoms. The quantitative estimate of drug-likeness (QED) is 0.343. The number of halogens is 2. The van der Waals surface area contributed by atoms with Crippen molar-refractivity contribution in [3.8, 4) is 0 Å². The highest BCUT2D eigenvalue weighted by Crippen LogP contribution is 2.21. The lowest BCUT2D eigenvalue weighted by atomic mass is 10.1. The highest BCUT2D eigenvalue weighted by atomic mass is 127.